The Kier molecular flexibility index (Phi) is 5.91. The van der Waals surface area contributed by atoms with E-state index in [-0.39, 0.29) is 11.5 Å². The molecule has 0 aliphatic rings. The molecule has 0 saturated heterocycles. The normalized spacial score (nSPS) is 10.6. The van der Waals surface area contributed by atoms with Gasteiger partial charge in [0.1, 0.15) is 5.82 Å². The van der Waals surface area contributed by atoms with Crippen molar-refractivity contribution in [1.29, 1.82) is 0 Å². The molecule has 6 heteroatoms. The molecule has 2 amide bonds. The number of aryl methyl sites for hydroxylation is 1. The number of amides is 2. The number of hydrazone groups is 1. The van der Waals surface area contributed by atoms with Gasteiger partial charge >= 0.3 is 0 Å². The Morgan fingerprint density at radius 3 is 2.39 bits per heavy atom. The molecule has 0 atom stereocenters. The number of nitrogens with zero attached hydrogens (tertiary/aromatic N) is 1. The minimum Gasteiger partial charge on any atom is -0.322 e. The summed E-state index contributed by atoms with van der Waals surface area (Å²) < 4.78 is 13.5. The van der Waals surface area contributed by atoms with Gasteiger partial charge in [0.05, 0.1) is 6.21 Å². The standard InChI is InChI=1S/C22H18FN3O2/c1-15-9-11-16(12-10-15)21(27)25-19-7-4-6-17(13-19)22(28)26-24-14-18-5-2-3-8-20(18)23/h2-14H,1H3,(H,25,27)(H,26,28)/b24-14+. The monoisotopic (exact) mass is 375 g/mol. The molecule has 0 aliphatic carbocycles. The van der Waals surface area contributed by atoms with Crippen LogP contribution in [0.25, 0.3) is 0 Å². The molecule has 3 aromatic carbocycles. The van der Waals surface area contributed by atoms with E-state index in [9.17, 15) is 14.0 Å². The van der Waals surface area contributed by atoms with Crippen LogP contribution in [0.4, 0.5) is 10.1 Å². The van der Waals surface area contributed by atoms with E-state index < -0.39 is 11.7 Å². The molecule has 3 aromatic rings. The summed E-state index contributed by atoms with van der Waals surface area (Å²) in [5.41, 5.74) is 4.99. The number of carbonyl (C=O) groups is 2. The Morgan fingerprint density at radius 1 is 0.893 bits per heavy atom. The highest BCUT2D eigenvalue weighted by Crippen LogP contribution is 2.13. The van der Waals surface area contributed by atoms with Crippen molar-refractivity contribution in [1.82, 2.24) is 5.43 Å². The molecule has 0 aromatic heterocycles. The van der Waals surface area contributed by atoms with Gasteiger partial charge in [-0.2, -0.15) is 5.10 Å². The van der Waals surface area contributed by atoms with Crippen LogP contribution in [-0.4, -0.2) is 18.0 Å². The molecule has 0 aliphatic heterocycles. The van der Waals surface area contributed by atoms with Gasteiger partial charge in [0.2, 0.25) is 0 Å². The van der Waals surface area contributed by atoms with Crippen molar-refractivity contribution in [2.24, 2.45) is 5.10 Å². The molecule has 28 heavy (non-hydrogen) atoms. The first kappa shape index (κ1) is 19.0. The molecular formula is C22H18FN3O2. The number of halogens is 1. The van der Waals surface area contributed by atoms with Crippen LogP contribution < -0.4 is 10.7 Å². The van der Waals surface area contributed by atoms with Crippen molar-refractivity contribution >= 4 is 23.7 Å². The van der Waals surface area contributed by atoms with Crippen molar-refractivity contribution in [2.75, 3.05) is 5.32 Å². The average molecular weight is 375 g/mol. The molecule has 2 N–H and O–H groups in total. The lowest BCUT2D eigenvalue weighted by Crippen LogP contribution is -2.18. The molecule has 0 unspecified atom stereocenters. The van der Waals surface area contributed by atoms with E-state index in [1.54, 1.807) is 54.6 Å². The van der Waals surface area contributed by atoms with Crippen LogP contribution in [-0.2, 0) is 0 Å². The summed E-state index contributed by atoms with van der Waals surface area (Å²) in [5, 5.41) is 6.53. The Hall–Kier alpha value is -3.80. The third kappa shape index (κ3) is 4.88. The molecule has 0 fully saturated rings. The van der Waals surface area contributed by atoms with Crippen molar-refractivity contribution in [3.8, 4) is 0 Å². The van der Waals surface area contributed by atoms with E-state index in [2.05, 4.69) is 15.8 Å². The van der Waals surface area contributed by atoms with Gasteiger partial charge in [-0.15, -0.1) is 0 Å². The van der Waals surface area contributed by atoms with Crippen LogP contribution in [0, 0.1) is 12.7 Å². The van der Waals surface area contributed by atoms with Gasteiger partial charge in [0.15, 0.2) is 0 Å². The van der Waals surface area contributed by atoms with Crippen molar-refractivity contribution < 1.29 is 14.0 Å². The van der Waals surface area contributed by atoms with Gasteiger partial charge in [0, 0.05) is 22.4 Å². The predicted octanol–water partition coefficient (Wildman–Crippen LogP) is 4.15. The molecule has 0 saturated carbocycles. The van der Waals surface area contributed by atoms with Gasteiger partial charge in [-0.1, -0.05) is 42.0 Å². The SMILES string of the molecule is Cc1ccc(C(=O)Nc2cccc(C(=O)N/N=C/c3ccccc3F)c2)cc1. The number of rotatable bonds is 5. The second-order valence-electron chi connectivity index (χ2n) is 6.12. The Bertz CT molecular complexity index is 1030. The zero-order chi connectivity index (χ0) is 19.9. The summed E-state index contributed by atoms with van der Waals surface area (Å²) in [6, 6.07) is 19.8. The van der Waals surface area contributed by atoms with Gasteiger partial charge in [-0.25, -0.2) is 9.82 Å². The van der Waals surface area contributed by atoms with E-state index in [1.807, 2.05) is 19.1 Å². The van der Waals surface area contributed by atoms with Crippen molar-refractivity contribution in [3.05, 3.63) is 101 Å². The second kappa shape index (κ2) is 8.73. The number of nitrogens with one attached hydrogen (secondary N) is 2. The van der Waals surface area contributed by atoms with E-state index in [0.717, 1.165) is 5.56 Å². The van der Waals surface area contributed by atoms with E-state index >= 15 is 0 Å². The summed E-state index contributed by atoms with van der Waals surface area (Å²) in [6.45, 7) is 1.94. The maximum Gasteiger partial charge on any atom is 0.271 e. The van der Waals surface area contributed by atoms with Gasteiger partial charge in [0.25, 0.3) is 11.8 Å². The molecule has 0 radical (unpaired) electrons. The number of benzene rings is 3. The molecule has 0 spiro atoms. The average Bonchev–Trinajstić information content (AvgIpc) is 2.70. The van der Waals surface area contributed by atoms with Gasteiger partial charge in [-0.05, 0) is 43.3 Å². The number of anilines is 1. The molecule has 140 valence electrons. The van der Waals surface area contributed by atoms with Crippen LogP contribution >= 0.6 is 0 Å². The maximum atomic E-state index is 13.5. The fraction of sp³-hybridized carbons (Fsp3) is 0.0455. The summed E-state index contributed by atoms with van der Waals surface area (Å²) >= 11 is 0. The third-order valence-corrected chi connectivity index (χ3v) is 3.97. The highest BCUT2D eigenvalue weighted by Gasteiger charge is 2.09. The Morgan fingerprint density at radius 2 is 1.64 bits per heavy atom. The predicted molar refractivity (Wildman–Crippen MR) is 107 cm³/mol. The maximum absolute atomic E-state index is 13.5. The van der Waals surface area contributed by atoms with Crippen molar-refractivity contribution in [2.45, 2.75) is 6.92 Å². The Balaban J connectivity index is 1.65. The van der Waals surface area contributed by atoms with E-state index in [0.29, 0.717) is 16.8 Å². The second-order valence-corrected chi connectivity index (χ2v) is 6.12. The lowest BCUT2D eigenvalue weighted by Gasteiger charge is -2.07. The fourth-order valence-electron chi connectivity index (χ4n) is 2.45. The smallest absolute Gasteiger partial charge is 0.271 e. The van der Waals surface area contributed by atoms with Crippen LogP contribution in [0.5, 0.6) is 0 Å². The highest BCUT2D eigenvalue weighted by atomic mass is 19.1. The topological polar surface area (TPSA) is 70.6 Å². The third-order valence-electron chi connectivity index (χ3n) is 3.97. The minimum atomic E-state index is -0.473. The van der Waals surface area contributed by atoms with Gasteiger partial charge in [-0.3, -0.25) is 9.59 Å². The van der Waals surface area contributed by atoms with Gasteiger partial charge < -0.3 is 5.32 Å². The number of carbonyl (C=O) groups excluding carboxylic acids is 2. The van der Waals surface area contributed by atoms with Crippen LogP contribution in [0.15, 0.2) is 77.9 Å². The van der Waals surface area contributed by atoms with Crippen LogP contribution in [0.3, 0.4) is 0 Å². The highest BCUT2D eigenvalue weighted by molar-refractivity contribution is 6.05. The van der Waals surface area contributed by atoms with E-state index in [1.165, 1.54) is 12.3 Å². The summed E-state index contributed by atoms with van der Waals surface area (Å²) in [4.78, 5) is 24.5. The van der Waals surface area contributed by atoms with Crippen LogP contribution in [0.2, 0.25) is 0 Å². The fourth-order valence-corrected chi connectivity index (χ4v) is 2.45. The lowest BCUT2D eigenvalue weighted by atomic mass is 10.1. The van der Waals surface area contributed by atoms with Crippen LogP contribution in [0.1, 0.15) is 31.8 Å². The summed E-state index contributed by atoms with van der Waals surface area (Å²) in [7, 11) is 0. The minimum absolute atomic E-state index is 0.266. The zero-order valence-electron chi connectivity index (χ0n) is 15.1. The van der Waals surface area contributed by atoms with E-state index in [4.69, 9.17) is 0 Å². The quantitative estimate of drug-likeness (QED) is 0.519. The summed E-state index contributed by atoms with van der Waals surface area (Å²) in [6.07, 6.45) is 1.23. The lowest BCUT2D eigenvalue weighted by molar-refractivity contribution is 0.0953. The largest absolute Gasteiger partial charge is 0.322 e. The van der Waals surface area contributed by atoms with Crippen molar-refractivity contribution in [3.63, 3.8) is 0 Å². The number of hydrogen-bond acceptors (Lipinski definition) is 3. The molecule has 3 rings (SSSR count). The molecule has 5 nitrogen and oxygen atoms in total. The zero-order valence-corrected chi connectivity index (χ0v) is 15.1. The first-order valence-electron chi connectivity index (χ1n) is 8.59. The first-order valence-corrected chi connectivity index (χ1v) is 8.59. The first-order chi connectivity index (χ1) is 13.5. The number of hydrogen-bond donors (Lipinski definition) is 2. The molecule has 0 bridgehead atoms. The molecule has 0 heterocycles. The summed E-state index contributed by atoms with van der Waals surface area (Å²) in [5.74, 6) is -1.17. The Labute approximate surface area is 161 Å². The molecular weight excluding hydrogens is 357 g/mol.